The molecule has 4 rings (SSSR count). The molecule has 1 N–H and O–H groups in total. The van der Waals surface area contributed by atoms with Crippen LogP contribution in [0, 0.1) is 6.92 Å². The van der Waals surface area contributed by atoms with Crippen LogP contribution in [0.15, 0.2) is 40.8 Å². The smallest absolute Gasteiger partial charge is 0.324 e. The van der Waals surface area contributed by atoms with Crippen molar-refractivity contribution in [1.29, 1.82) is 0 Å². The molecule has 1 aliphatic rings. The Labute approximate surface area is 152 Å². The lowest BCUT2D eigenvalue weighted by atomic mass is 10.1. The Kier molecular flexibility index (Phi) is 4.04. The highest BCUT2D eigenvalue weighted by molar-refractivity contribution is 7.17. The predicted molar refractivity (Wildman–Crippen MR) is 99.2 cm³/mol. The molecule has 0 spiro atoms. The summed E-state index contributed by atoms with van der Waals surface area (Å²) in [5, 5.41) is 4.98. The number of rotatable bonds is 3. The van der Waals surface area contributed by atoms with Crippen LogP contribution < -0.4 is 10.9 Å². The summed E-state index contributed by atoms with van der Waals surface area (Å²) in [7, 11) is 0. The minimum absolute atomic E-state index is 0.210. The zero-order chi connectivity index (χ0) is 18.3. The van der Waals surface area contributed by atoms with Gasteiger partial charge in [0.05, 0.1) is 11.7 Å². The molecule has 7 nitrogen and oxygen atoms in total. The lowest BCUT2D eigenvalue weighted by Crippen LogP contribution is -2.38. The summed E-state index contributed by atoms with van der Waals surface area (Å²) in [5.74, 6) is -0.421. The zero-order valence-electron chi connectivity index (χ0n) is 14.1. The summed E-state index contributed by atoms with van der Waals surface area (Å²) in [6.07, 6.45) is 1.37. The van der Waals surface area contributed by atoms with E-state index in [1.807, 2.05) is 36.6 Å². The fraction of sp³-hybridized carbons (Fsp3) is 0.222. The van der Waals surface area contributed by atoms with Gasteiger partial charge in [-0.15, -0.1) is 11.3 Å². The van der Waals surface area contributed by atoms with Crippen LogP contribution >= 0.6 is 11.3 Å². The molecule has 26 heavy (non-hydrogen) atoms. The van der Waals surface area contributed by atoms with E-state index in [-0.39, 0.29) is 12.1 Å². The maximum Gasteiger partial charge on any atom is 0.324 e. The Balaban J connectivity index is 1.73. The number of benzene rings is 1. The van der Waals surface area contributed by atoms with E-state index in [1.54, 1.807) is 0 Å². The third-order valence-electron chi connectivity index (χ3n) is 4.39. The van der Waals surface area contributed by atoms with Gasteiger partial charge in [0, 0.05) is 24.0 Å². The molecule has 0 atom stereocenters. The number of nitrogens with zero attached hydrogens (tertiary/aromatic N) is 3. The van der Waals surface area contributed by atoms with Crippen molar-refractivity contribution >= 4 is 33.5 Å². The Morgan fingerprint density at radius 1 is 1.27 bits per heavy atom. The molecular weight excluding hydrogens is 352 g/mol. The van der Waals surface area contributed by atoms with Crippen molar-refractivity contribution in [2.45, 2.75) is 13.5 Å². The summed E-state index contributed by atoms with van der Waals surface area (Å²) < 4.78 is 1.26. The maximum absolute atomic E-state index is 12.9. The molecular formula is C18H16N4O3S. The standard InChI is InChI=1S/C18H16N4O3S/c1-11-2-4-12(5-3-11)13-9-26-16-15(13)17(24)21(10-20-16)8-14(23)22-7-6-19-18(22)25/h2-5,9-10H,6-8H2,1H3,(H,19,25). The van der Waals surface area contributed by atoms with Gasteiger partial charge in [-0.3, -0.25) is 19.1 Å². The van der Waals surface area contributed by atoms with Gasteiger partial charge in [-0.25, -0.2) is 9.78 Å². The highest BCUT2D eigenvalue weighted by Gasteiger charge is 2.26. The molecule has 3 amide bonds. The molecule has 1 aliphatic heterocycles. The fourth-order valence-electron chi connectivity index (χ4n) is 2.97. The molecule has 1 aromatic carbocycles. The highest BCUT2D eigenvalue weighted by atomic mass is 32.1. The Bertz CT molecular complexity index is 1070. The third-order valence-corrected chi connectivity index (χ3v) is 5.27. The molecule has 0 unspecified atom stereocenters. The molecule has 3 aromatic rings. The average Bonchev–Trinajstić information content (AvgIpc) is 3.25. The van der Waals surface area contributed by atoms with E-state index in [0.717, 1.165) is 21.6 Å². The van der Waals surface area contributed by atoms with E-state index >= 15 is 0 Å². The highest BCUT2D eigenvalue weighted by Crippen LogP contribution is 2.30. The van der Waals surface area contributed by atoms with Crippen molar-refractivity contribution in [3.63, 3.8) is 0 Å². The molecule has 3 heterocycles. The SMILES string of the molecule is Cc1ccc(-c2csc3ncn(CC(=O)N4CCNC4=O)c(=O)c23)cc1. The van der Waals surface area contributed by atoms with Crippen LogP contribution in [0.3, 0.4) is 0 Å². The summed E-state index contributed by atoms with van der Waals surface area (Å²) in [5.41, 5.74) is 2.60. The number of hydrogen-bond donors (Lipinski definition) is 1. The number of fused-ring (bicyclic) bond motifs is 1. The Morgan fingerprint density at radius 2 is 2.04 bits per heavy atom. The second kappa shape index (κ2) is 6.38. The van der Waals surface area contributed by atoms with E-state index in [4.69, 9.17) is 0 Å². The second-order valence-electron chi connectivity index (χ2n) is 6.15. The zero-order valence-corrected chi connectivity index (χ0v) is 14.9. The van der Waals surface area contributed by atoms with E-state index in [9.17, 15) is 14.4 Å². The van der Waals surface area contributed by atoms with Gasteiger partial charge in [-0.2, -0.15) is 0 Å². The molecule has 0 aliphatic carbocycles. The molecule has 1 saturated heterocycles. The van der Waals surface area contributed by atoms with Gasteiger partial charge in [0.1, 0.15) is 11.4 Å². The van der Waals surface area contributed by atoms with E-state index in [0.29, 0.717) is 23.3 Å². The van der Waals surface area contributed by atoms with Gasteiger partial charge in [0.15, 0.2) is 0 Å². The van der Waals surface area contributed by atoms with Crippen molar-refractivity contribution in [3.05, 3.63) is 51.9 Å². The summed E-state index contributed by atoms with van der Waals surface area (Å²) >= 11 is 1.40. The maximum atomic E-state index is 12.9. The number of carbonyl (C=O) groups excluding carboxylic acids is 2. The number of urea groups is 1. The lowest BCUT2D eigenvalue weighted by Gasteiger charge is -2.13. The molecule has 8 heteroatoms. The number of carbonyl (C=O) groups is 2. The van der Waals surface area contributed by atoms with Crippen LogP contribution in [0.4, 0.5) is 4.79 Å². The largest absolute Gasteiger partial charge is 0.336 e. The Morgan fingerprint density at radius 3 is 2.73 bits per heavy atom. The van der Waals surface area contributed by atoms with Crippen molar-refractivity contribution in [3.8, 4) is 11.1 Å². The van der Waals surface area contributed by atoms with E-state index < -0.39 is 11.9 Å². The van der Waals surface area contributed by atoms with Gasteiger partial charge in [0.25, 0.3) is 11.5 Å². The lowest BCUT2D eigenvalue weighted by molar-refractivity contribution is -0.128. The third kappa shape index (κ3) is 2.78. The van der Waals surface area contributed by atoms with Gasteiger partial charge in [-0.05, 0) is 12.5 Å². The van der Waals surface area contributed by atoms with E-state index in [1.165, 1.54) is 22.2 Å². The first kappa shape index (κ1) is 16.5. The minimum Gasteiger partial charge on any atom is -0.336 e. The van der Waals surface area contributed by atoms with E-state index in [2.05, 4.69) is 10.3 Å². The van der Waals surface area contributed by atoms with Gasteiger partial charge >= 0.3 is 6.03 Å². The number of amides is 3. The van der Waals surface area contributed by atoms with Crippen LogP contribution in [0.5, 0.6) is 0 Å². The topological polar surface area (TPSA) is 84.3 Å². The molecule has 0 saturated carbocycles. The predicted octanol–water partition coefficient (Wildman–Crippen LogP) is 1.99. The number of nitrogens with one attached hydrogen (secondary N) is 1. The normalized spacial score (nSPS) is 14.0. The Hall–Kier alpha value is -3.00. The average molecular weight is 368 g/mol. The van der Waals surface area contributed by atoms with Crippen molar-refractivity contribution in [2.24, 2.45) is 0 Å². The van der Waals surface area contributed by atoms with Gasteiger partial charge in [-0.1, -0.05) is 29.8 Å². The minimum atomic E-state index is -0.423. The van der Waals surface area contributed by atoms with Crippen molar-refractivity contribution in [2.75, 3.05) is 13.1 Å². The van der Waals surface area contributed by atoms with Crippen LogP contribution in [0.1, 0.15) is 5.56 Å². The molecule has 1 fully saturated rings. The number of hydrogen-bond acceptors (Lipinski definition) is 5. The molecule has 0 radical (unpaired) electrons. The number of aromatic nitrogens is 2. The van der Waals surface area contributed by atoms with Crippen LogP contribution in [-0.2, 0) is 11.3 Å². The quantitative estimate of drug-likeness (QED) is 0.766. The summed E-state index contributed by atoms with van der Waals surface area (Å²) in [6.45, 7) is 2.54. The van der Waals surface area contributed by atoms with Crippen LogP contribution in [0.25, 0.3) is 21.3 Å². The molecule has 0 bridgehead atoms. The number of imide groups is 1. The monoisotopic (exact) mass is 368 g/mol. The van der Waals surface area contributed by atoms with Gasteiger partial charge < -0.3 is 5.32 Å². The van der Waals surface area contributed by atoms with Crippen LogP contribution in [-0.4, -0.2) is 39.5 Å². The first-order valence-electron chi connectivity index (χ1n) is 8.16. The molecule has 132 valence electrons. The van der Waals surface area contributed by atoms with Crippen LogP contribution in [0.2, 0.25) is 0 Å². The van der Waals surface area contributed by atoms with Crippen molar-refractivity contribution in [1.82, 2.24) is 19.8 Å². The number of thiophene rings is 1. The fourth-order valence-corrected chi connectivity index (χ4v) is 3.87. The summed E-state index contributed by atoms with van der Waals surface area (Å²) in [6, 6.07) is 7.49. The molecule has 2 aromatic heterocycles. The number of aryl methyl sites for hydroxylation is 1. The first-order chi connectivity index (χ1) is 12.5. The second-order valence-corrected chi connectivity index (χ2v) is 7.01. The summed E-state index contributed by atoms with van der Waals surface area (Å²) in [4.78, 5) is 42.9. The van der Waals surface area contributed by atoms with Crippen molar-refractivity contribution < 1.29 is 9.59 Å². The van der Waals surface area contributed by atoms with Gasteiger partial charge in [0.2, 0.25) is 0 Å². The first-order valence-corrected chi connectivity index (χ1v) is 9.04.